The number of rotatable bonds is 8. The first kappa shape index (κ1) is 23.0. The van der Waals surface area contributed by atoms with Crippen molar-refractivity contribution in [3.63, 3.8) is 0 Å². The number of anilines is 1. The van der Waals surface area contributed by atoms with Gasteiger partial charge in [0.15, 0.2) is 5.92 Å². The van der Waals surface area contributed by atoms with Gasteiger partial charge in [-0.25, -0.2) is 13.2 Å². The van der Waals surface area contributed by atoms with Crippen LogP contribution in [0.15, 0.2) is 52.9 Å². The van der Waals surface area contributed by atoms with Gasteiger partial charge in [0.2, 0.25) is 24.0 Å². The number of nitrogens with zero attached hydrogens (tertiary/aromatic N) is 2. The topological polar surface area (TPSA) is 101 Å². The minimum Gasteiger partial charge on any atom is -0.461 e. The summed E-state index contributed by atoms with van der Waals surface area (Å²) < 4.78 is 50.2. The van der Waals surface area contributed by atoms with Crippen molar-refractivity contribution >= 4 is 17.3 Å². The Morgan fingerprint density at radius 2 is 1.75 bits per heavy atom. The number of ether oxygens (including phenoxy) is 1. The number of benzene rings is 2. The molecule has 0 saturated heterocycles. The van der Waals surface area contributed by atoms with E-state index in [2.05, 4.69) is 15.5 Å². The van der Waals surface area contributed by atoms with Crippen LogP contribution >= 0.6 is 0 Å². The maximum atomic E-state index is 13.4. The van der Waals surface area contributed by atoms with E-state index in [0.717, 1.165) is 6.92 Å². The third-order valence-electron chi connectivity index (χ3n) is 4.44. The molecule has 168 valence electrons. The number of carbonyl (C=O) groups excluding carboxylic acids is 1. The highest BCUT2D eigenvalue weighted by atomic mass is 19.3. The first-order valence-corrected chi connectivity index (χ1v) is 9.63. The van der Waals surface area contributed by atoms with E-state index < -0.39 is 24.1 Å². The lowest BCUT2D eigenvalue weighted by atomic mass is 10.0. The average Bonchev–Trinajstić information content (AvgIpc) is 3.18. The molecule has 0 bridgehead atoms. The number of carbonyl (C=O) groups is 1. The molecule has 0 aliphatic carbocycles. The Balaban J connectivity index is 1.77. The van der Waals surface area contributed by atoms with Gasteiger partial charge < -0.3 is 19.9 Å². The summed E-state index contributed by atoms with van der Waals surface area (Å²) in [6.45, 7) is 3.47. The standard InChI is InChI=1S/C22H21F3N4O3/c1-12(26)18(19(30)27-16-8-10-17(11-9-16)31-13(2)23)21-29-28-20(32-21)14-4-6-15(7-5-14)22(3,24)25/h4-11,13,18,26H,1-3H3,(H,27,30). The minimum atomic E-state index is -2.98. The van der Waals surface area contributed by atoms with Gasteiger partial charge in [0.05, 0.1) is 0 Å². The smallest absolute Gasteiger partial charge is 0.270 e. The van der Waals surface area contributed by atoms with Gasteiger partial charge in [-0.15, -0.1) is 10.2 Å². The van der Waals surface area contributed by atoms with Crippen LogP contribution in [-0.2, 0) is 10.7 Å². The summed E-state index contributed by atoms with van der Waals surface area (Å²) in [7, 11) is 0. The van der Waals surface area contributed by atoms with Crippen molar-refractivity contribution < 1.29 is 27.1 Å². The molecule has 1 heterocycles. The lowest BCUT2D eigenvalue weighted by Crippen LogP contribution is -2.26. The number of amides is 1. The van der Waals surface area contributed by atoms with Gasteiger partial charge in [0.25, 0.3) is 5.92 Å². The van der Waals surface area contributed by atoms with Crippen LogP contribution in [0, 0.1) is 5.41 Å². The van der Waals surface area contributed by atoms with E-state index in [-0.39, 0.29) is 23.1 Å². The molecule has 1 aromatic heterocycles. The van der Waals surface area contributed by atoms with E-state index in [0.29, 0.717) is 17.0 Å². The molecule has 2 N–H and O–H groups in total. The zero-order chi connectivity index (χ0) is 23.5. The van der Waals surface area contributed by atoms with Crippen LogP contribution in [0.5, 0.6) is 5.75 Å². The number of hydrogen-bond acceptors (Lipinski definition) is 6. The zero-order valence-electron chi connectivity index (χ0n) is 17.5. The number of alkyl halides is 3. The SMILES string of the molecule is CC(=N)C(C(=O)Nc1ccc(OC(C)F)cc1)c1nnc(-c2ccc(C(C)(F)F)cc2)o1. The largest absolute Gasteiger partial charge is 0.461 e. The number of halogens is 3. The van der Waals surface area contributed by atoms with Crippen molar-refractivity contribution in [2.24, 2.45) is 0 Å². The van der Waals surface area contributed by atoms with E-state index in [1.54, 1.807) is 0 Å². The van der Waals surface area contributed by atoms with E-state index in [4.69, 9.17) is 14.6 Å². The highest BCUT2D eigenvalue weighted by Crippen LogP contribution is 2.30. The predicted octanol–water partition coefficient (Wildman–Crippen LogP) is 5.30. The Bertz CT molecular complexity index is 1090. The van der Waals surface area contributed by atoms with Gasteiger partial charge in [-0.1, -0.05) is 12.1 Å². The number of aromatic nitrogens is 2. The van der Waals surface area contributed by atoms with Crippen LogP contribution in [0.4, 0.5) is 18.9 Å². The lowest BCUT2D eigenvalue weighted by molar-refractivity contribution is -0.116. The summed E-state index contributed by atoms with van der Waals surface area (Å²) >= 11 is 0. The molecular weight excluding hydrogens is 425 g/mol. The molecular formula is C22H21F3N4O3. The fraction of sp³-hybridized carbons (Fsp3) is 0.273. The van der Waals surface area contributed by atoms with Crippen molar-refractivity contribution in [1.29, 1.82) is 5.41 Å². The zero-order valence-corrected chi connectivity index (χ0v) is 17.5. The molecule has 0 radical (unpaired) electrons. The molecule has 0 fully saturated rings. The first-order chi connectivity index (χ1) is 15.0. The predicted molar refractivity (Wildman–Crippen MR) is 112 cm³/mol. The quantitative estimate of drug-likeness (QED) is 0.457. The fourth-order valence-electron chi connectivity index (χ4n) is 2.89. The Morgan fingerprint density at radius 3 is 2.28 bits per heavy atom. The van der Waals surface area contributed by atoms with Gasteiger partial charge in [-0.05, 0) is 43.3 Å². The van der Waals surface area contributed by atoms with Gasteiger partial charge in [-0.2, -0.15) is 0 Å². The van der Waals surface area contributed by atoms with Crippen molar-refractivity contribution in [2.45, 2.75) is 39.0 Å². The molecule has 2 atom stereocenters. The van der Waals surface area contributed by atoms with E-state index in [1.165, 1.54) is 62.4 Å². The van der Waals surface area contributed by atoms with Crippen LogP contribution < -0.4 is 10.1 Å². The molecule has 3 rings (SSSR count). The fourth-order valence-corrected chi connectivity index (χ4v) is 2.89. The Labute approximate surface area is 182 Å². The van der Waals surface area contributed by atoms with Gasteiger partial charge in [0.1, 0.15) is 5.75 Å². The van der Waals surface area contributed by atoms with Crippen LogP contribution in [0.25, 0.3) is 11.5 Å². The normalized spacial score (nSPS) is 13.3. The summed E-state index contributed by atoms with van der Waals surface area (Å²) in [5.41, 5.74) is 0.600. The monoisotopic (exact) mass is 446 g/mol. The molecule has 0 aliphatic heterocycles. The highest BCUT2D eigenvalue weighted by molar-refractivity contribution is 6.11. The molecule has 10 heteroatoms. The highest BCUT2D eigenvalue weighted by Gasteiger charge is 2.29. The van der Waals surface area contributed by atoms with Gasteiger partial charge in [0, 0.05) is 36.4 Å². The number of hydrogen-bond donors (Lipinski definition) is 2. The second-order valence-electron chi connectivity index (χ2n) is 7.20. The summed E-state index contributed by atoms with van der Waals surface area (Å²) in [4.78, 5) is 12.8. The van der Waals surface area contributed by atoms with Crippen LogP contribution in [0.2, 0.25) is 0 Å². The van der Waals surface area contributed by atoms with Crippen LogP contribution in [0.3, 0.4) is 0 Å². The van der Waals surface area contributed by atoms with E-state index >= 15 is 0 Å². The van der Waals surface area contributed by atoms with Crippen molar-refractivity contribution in [1.82, 2.24) is 10.2 Å². The molecule has 3 aromatic rings. The molecule has 0 aliphatic rings. The molecule has 2 aromatic carbocycles. The molecule has 0 spiro atoms. The van der Waals surface area contributed by atoms with E-state index in [9.17, 15) is 18.0 Å². The summed E-state index contributed by atoms with van der Waals surface area (Å²) in [6, 6.07) is 11.4. The van der Waals surface area contributed by atoms with Gasteiger partial charge in [-0.3, -0.25) is 4.79 Å². The third-order valence-corrected chi connectivity index (χ3v) is 4.44. The maximum Gasteiger partial charge on any atom is 0.270 e. The summed E-state index contributed by atoms with van der Waals surface area (Å²) in [5.74, 6) is -4.49. The Morgan fingerprint density at radius 1 is 1.12 bits per heavy atom. The first-order valence-electron chi connectivity index (χ1n) is 9.63. The Hall–Kier alpha value is -3.69. The third kappa shape index (κ3) is 5.51. The lowest BCUT2D eigenvalue weighted by Gasteiger charge is -2.13. The van der Waals surface area contributed by atoms with E-state index in [1.807, 2.05) is 0 Å². The van der Waals surface area contributed by atoms with Crippen LogP contribution in [-0.4, -0.2) is 28.2 Å². The van der Waals surface area contributed by atoms with Crippen LogP contribution in [0.1, 0.15) is 38.1 Å². The maximum absolute atomic E-state index is 13.4. The second-order valence-corrected chi connectivity index (χ2v) is 7.20. The molecule has 7 nitrogen and oxygen atoms in total. The summed E-state index contributed by atoms with van der Waals surface area (Å²) in [6.07, 6.45) is -1.47. The molecule has 32 heavy (non-hydrogen) atoms. The summed E-state index contributed by atoms with van der Waals surface area (Å²) in [5, 5.41) is 18.4. The molecule has 1 amide bonds. The molecule has 2 unspecified atom stereocenters. The minimum absolute atomic E-state index is 0.0341. The molecule has 0 saturated carbocycles. The Kier molecular flexibility index (Phi) is 6.61. The van der Waals surface area contributed by atoms with Crippen molar-refractivity contribution in [3.8, 4) is 17.2 Å². The van der Waals surface area contributed by atoms with Gasteiger partial charge >= 0.3 is 0 Å². The van der Waals surface area contributed by atoms with Crippen molar-refractivity contribution in [2.75, 3.05) is 5.32 Å². The average molecular weight is 446 g/mol. The second kappa shape index (κ2) is 9.21. The van der Waals surface area contributed by atoms with Crippen molar-refractivity contribution in [3.05, 3.63) is 60.0 Å². The number of nitrogens with one attached hydrogen (secondary N) is 2.